The number of anilines is 1. The van der Waals surface area contributed by atoms with Gasteiger partial charge >= 0.3 is 0 Å². The molecule has 0 bridgehead atoms. The van der Waals surface area contributed by atoms with Crippen LogP contribution in [0.5, 0.6) is 0 Å². The zero-order valence-electron chi connectivity index (χ0n) is 13.7. The molecule has 23 heavy (non-hydrogen) atoms. The summed E-state index contributed by atoms with van der Waals surface area (Å²) in [5.41, 5.74) is 1.84. The van der Waals surface area contributed by atoms with E-state index in [1.54, 1.807) is 12.4 Å². The lowest BCUT2D eigenvalue weighted by atomic mass is 10.2. The molecule has 1 atom stereocenters. The molecule has 0 radical (unpaired) electrons. The fourth-order valence-corrected chi connectivity index (χ4v) is 2.88. The molecule has 2 heterocycles. The quantitative estimate of drug-likeness (QED) is 0.836. The van der Waals surface area contributed by atoms with Crippen LogP contribution in [-0.2, 0) is 16.3 Å². The Bertz CT molecular complexity index is 748. The van der Waals surface area contributed by atoms with Crippen molar-refractivity contribution in [3.8, 4) is 11.4 Å². The molecule has 2 aromatic rings. The van der Waals surface area contributed by atoms with E-state index in [0.29, 0.717) is 18.1 Å². The number of rotatable bonds is 7. The highest BCUT2D eigenvalue weighted by Crippen LogP contribution is 2.18. The molecule has 0 aromatic carbocycles. The first-order chi connectivity index (χ1) is 10.9. The topological polar surface area (TPSA) is 84.8 Å². The first-order valence-corrected chi connectivity index (χ1v) is 9.66. The fourth-order valence-electron chi connectivity index (χ4n) is 2.10. The van der Waals surface area contributed by atoms with Gasteiger partial charge in [0.25, 0.3) is 0 Å². The standard InChI is InChI=1S/C16H22N4O2S/c1-4-14-11-15(18-12(2)7-10-23(3,21)22)20-16(19-14)13-5-8-17-9-6-13/h5-6,8-9,11-12H,4,7,10H2,1-3H3,(H,18,19,20). The monoisotopic (exact) mass is 334 g/mol. The van der Waals surface area contributed by atoms with Crippen LogP contribution < -0.4 is 5.32 Å². The predicted octanol–water partition coefficient (Wildman–Crippen LogP) is 2.34. The van der Waals surface area contributed by atoms with Gasteiger partial charge in [-0.05, 0) is 31.9 Å². The van der Waals surface area contributed by atoms with E-state index >= 15 is 0 Å². The Morgan fingerprint density at radius 1 is 1.22 bits per heavy atom. The largest absolute Gasteiger partial charge is 0.367 e. The van der Waals surface area contributed by atoms with Crippen molar-refractivity contribution >= 4 is 15.7 Å². The minimum atomic E-state index is -2.96. The molecular formula is C16H22N4O2S. The number of nitrogens with one attached hydrogen (secondary N) is 1. The smallest absolute Gasteiger partial charge is 0.161 e. The Hall–Kier alpha value is -2.02. The third-order valence-electron chi connectivity index (χ3n) is 3.40. The van der Waals surface area contributed by atoms with Crippen molar-refractivity contribution in [3.63, 3.8) is 0 Å². The summed E-state index contributed by atoms with van der Waals surface area (Å²) in [5.74, 6) is 1.51. The molecule has 0 aliphatic carbocycles. The second kappa shape index (κ2) is 7.50. The van der Waals surface area contributed by atoms with Crippen LogP contribution in [0.2, 0.25) is 0 Å². The summed E-state index contributed by atoms with van der Waals surface area (Å²) in [6.45, 7) is 3.99. The van der Waals surface area contributed by atoms with Crippen molar-refractivity contribution in [3.05, 3.63) is 36.3 Å². The van der Waals surface area contributed by atoms with Crippen molar-refractivity contribution in [2.24, 2.45) is 0 Å². The highest BCUT2D eigenvalue weighted by molar-refractivity contribution is 7.90. The van der Waals surface area contributed by atoms with Crippen molar-refractivity contribution < 1.29 is 8.42 Å². The number of sulfone groups is 1. The number of aromatic nitrogens is 3. The molecule has 2 aromatic heterocycles. The van der Waals surface area contributed by atoms with Gasteiger partial charge in [-0.1, -0.05) is 6.92 Å². The molecule has 0 saturated heterocycles. The number of pyridine rings is 1. The maximum absolute atomic E-state index is 11.3. The van der Waals surface area contributed by atoms with Crippen molar-refractivity contribution in [1.82, 2.24) is 15.0 Å². The van der Waals surface area contributed by atoms with E-state index in [1.165, 1.54) is 6.26 Å². The number of hydrogen-bond donors (Lipinski definition) is 1. The zero-order valence-corrected chi connectivity index (χ0v) is 14.5. The third-order valence-corrected chi connectivity index (χ3v) is 4.37. The van der Waals surface area contributed by atoms with Gasteiger partial charge in [-0.3, -0.25) is 4.98 Å². The molecule has 0 spiro atoms. The lowest BCUT2D eigenvalue weighted by Gasteiger charge is -2.15. The minimum Gasteiger partial charge on any atom is -0.367 e. The summed E-state index contributed by atoms with van der Waals surface area (Å²) in [4.78, 5) is 13.1. The SMILES string of the molecule is CCc1cc(NC(C)CCS(C)(=O)=O)nc(-c2ccncc2)n1. The maximum atomic E-state index is 11.3. The summed E-state index contributed by atoms with van der Waals surface area (Å²) < 4.78 is 22.5. The fraction of sp³-hybridized carbons (Fsp3) is 0.438. The highest BCUT2D eigenvalue weighted by atomic mass is 32.2. The van der Waals surface area contributed by atoms with Crippen LogP contribution >= 0.6 is 0 Å². The van der Waals surface area contributed by atoms with Gasteiger partial charge in [0, 0.05) is 42.0 Å². The lowest BCUT2D eigenvalue weighted by molar-refractivity contribution is 0.595. The molecule has 1 N–H and O–H groups in total. The van der Waals surface area contributed by atoms with Gasteiger partial charge in [-0.15, -0.1) is 0 Å². The minimum absolute atomic E-state index is 0.00891. The first kappa shape index (κ1) is 17.3. The molecule has 0 aliphatic rings. The summed E-state index contributed by atoms with van der Waals surface area (Å²) in [7, 11) is -2.96. The molecule has 0 aliphatic heterocycles. The normalized spacial score (nSPS) is 12.8. The van der Waals surface area contributed by atoms with Gasteiger partial charge in [-0.2, -0.15) is 0 Å². The second-order valence-electron chi connectivity index (χ2n) is 5.62. The van der Waals surface area contributed by atoms with Crippen molar-refractivity contribution in [1.29, 1.82) is 0 Å². The molecule has 7 heteroatoms. The van der Waals surface area contributed by atoms with E-state index in [0.717, 1.165) is 17.7 Å². The van der Waals surface area contributed by atoms with Crippen molar-refractivity contribution in [2.45, 2.75) is 32.7 Å². The molecule has 1 unspecified atom stereocenters. The number of nitrogens with zero attached hydrogens (tertiary/aromatic N) is 3. The molecule has 2 rings (SSSR count). The maximum Gasteiger partial charge on any atom is 0.161 e. The molecule has 0 fully saturated rings. The molecular weight excluding hydrogens is 312 g/mol. The average molecular weight is 334 g/mol. The van der Waals surface area contributed by atoms with Crippen molar-refractivity contribution in [2.75, 3.05) is 17.3 Å². The zero-order chi connectivity index (χ0) is 16.9. The summed E-state index contributed by atoms with van der Waals surface area (Å²) in [6, 6.07) is 5.65. The van der Waals surface area contributed by atoms with Crippen LogP contribution in [0.1, 0.15) is 26.0 Å². The second-order valence-corrected chi connectivity index (χ2v) is 7.88. The van der Waals surface area contributed by atoms with Crippen LogP contribution in [0, 0.1) is 0 Å². The molecule has 0 saturated carbocycles. The number of hydrogen-bond acceptors (Lipinski definition) is 6. The third kappa shape index (κ3) is 5.59. The number of aryl methyl sites for hydroxylation is 1. The first-order valence-electron chi connectivity index (χ1n) is 7.60. The lowest BCUT2D eigenvalue weighted by Crippen LogP contribution is -2.20. The Morgan fingerprint density at radius 2 is 1.91 bits per heavy atom. The van der Waals surface area contributed by atoms with E-state index in [1.807, 2.05) is 32.0 Å². The molecule has 0 amide bonds. The van der Waals surface area contributed by atoms with Gasteiger partial charge in [0.05, 0.1) is 5.75 Å². The molecule has 6 nitrogen and oxygen atoms in total. The van der Waals surface area contributed by atoms with Gasteiger partial charge in [0.15, 0.2) is 5.82 Å². The Kier molecular flexibility index (Phi) is 5.65. The van der Waals surface area contributed by atoms with Gasteiger partial charge < -0.3 is 5.32 Å². The Labute approximate surface area is 137 Å². The Morgan fingerprint density at radius 3 is 2.52 bits per heavy atom. The highest BCUT2D eigenvalue weighted by Gasteiger charge is 2.11. The van der Waals surface area contributed by atoms with Crippen LogP contribution in [0.15, 0.2) is 30.6 Å². The summed E-state index contributed by atoms with van der Waals surface area (Å²) in [6.07, 6.45) is 6.00. The predicted molar refractivity (Wildman–Crippen MR) is 92.1 cm³/mol. The van der Waals surface area contributed by atoms with E-state index in [9.17, 15) is 8.42 Å². The van der Waals surface area contributed by atoms with Gasteiger partial charge in [0.2, 0.25) is 0 Å². The van der Waals surface area contributed by atoms with Crippen LogP contribution in [0.25, 0.3) is 11.4 Å². The van der Waals surface area contributed by atoms with Crippen LogP contribution in [-0.4, -0.2) is 41.4 Å². The summed E-state index contributed by atoms with van der Waals surface area (Å²) >= 11 is 0. The molecule has 124 valence electrons. The van der Waals surface area contributed by atoms with Crippen LogP contribution in [0.4, 0.5) is 5.82 Å². The van der Waals surface area contributed by atoms with Gasteiger partial charge in [0.1, 0.15) is 15.7 Å². The van der Waals surface area contributed by atoms with E-state index < -0.39 is 9.84 Å². The summed E-state index contributed by atoms with van der Waals surface area (Å²) in [5, 5.41) is 3.27. The van der Waals surface area contributed by atoms with E-state index in [4.69, 9.17) is 0 Å². The van der Waals surface area contributed by atoms with Gasteiger partial charge in [-0.25, -0.2) is 18.4 Å². The average Bonchev–Trinajstić information content (AvgIpc) is 2.53. The van der Waals surface area contributed by atoms with E-state index in [2.05, 4.69) is 20.3 Å². The van der Waals surface area contributed by atoms with E-state index in [-0.39, 0.29) is 11.8 Å². The Balaban J connectivity index is 2.18. The van der Waals surface area contributed by atoms with Crippen LogP contribution in [0.3, 0.4) is 0 Å².